The Labute approximate surface area is 166 Å². The molecular weight excluding hydrogens is 406 g/mol. The second kappa shape index (κ2) is 7.26. The minimum absolute atomic E-state index is 0.266. The average molecular weight is 418 g/mol. The van der Waals surface area contributed by atoms with Crippen molar-refractivity contribution in [2.45, 2.75) is 17.8 Å². The van der Waals surface area contributed by atoms with Gasteiger partial charge in [0, 0.05) is 16.8 Å². The summed E-state index contributed by atoms with van der Waals surface area (Å²) in [6.07, 6.45) is 0. The van der Waals surface area contributed by atoms with E-state index >= 15 is 0 Å². The van der Waals surface area contributed by atoms with Gasteiger partial charge in [-0.2, -0.15) is 5.10 Å². The van der Waals surface area contributed by atoms with Crippen LogP contribution in [0.5, 0.6) is 0 Å². The van der Waals surface area contributed by atoms with Crippen LogP contribution in [-0.4, -0.2) is 24.7 Å². The van der Waals surface area contributed by atoms with Crippen LogP contribution in [-0.2, 0) is 5.75 Å². The maximum Gasteiger partial charge on any atom is 0.279 e. The van der Waals surface area contributed by atoms with Crippen LogP contribution >= 0.6 is 34.7 Å². The third-order valence-electron chi connectivity index (χ3n) is 3.89. The van der Waals surface area contributed by atoms with E-state index in [1.807, 2.05) is 25.1 Å². The third kappa shape index (κ3) is 3.53. The number of nitrogens with one attached hydrogen (secondary N) is 1. The van der Waals surface area contributed by atoms with Crippen molar-refractivity contribution in [1.29, 1.82) is 0 Å². The molecule has 0 aliphatic heterocycles. The highest BCUT2D eigenvalue weighted by Crippen LogP contribution is 2.26. The molecule has 27 heavy (non-hydrogen) atoms. The first-order chi connectivity index (χ1) is 13.0. The Morgan fingerprint density at radius 3 is 2.85 bits per heavy atom. The van der Waals surface area contributed by atoms with E-state index in [0.29, 0.717) is 32.1 Å². The van der Waals surface area contributed by atoms with E-state index in [1.165, 1.54) is 39.8 Å². The van der Waals surface area contributed by atoms with E-state index in [0.717, 1.165) is 11.1 Å². The second-order valence-corrected chi connectivity index (χ2v) is 7.91. The van der Waals surface area contributed by atoms with Gasteiger partial charge in [-0.1, -0.05) is 29.4 Å². The summed E-state index contributed by atoms with van der Waals surface area (Å²) in [6, 6.07) is 8.49. The van der Waals surface area contributed by atoms with Crippen molar-refractivity contribution in [3.05, 3.63) is 72.7 Å². The Kier molecular flexibility index (Phi) is 4.81. The molecule has 3 aromatic heterocycles. The molecule has 136 valence electrons. The Morgan fingerprint density at radius 1 is 1.26 bits per heavy atom. The lowest BCUT2D eigenvalue weighted by molar-refractivity contribution is 0.768. The molecule has 0 aliphatic rings. The fourth-order valence-electron chi connectivity index (χ4n) is 2.52. The van der Waals surface area contributed by atoms with Crippen LogP contribution in [0.2, 0.25) is 5.02 Å². The van der Waals surface area contributed by atoms with Crippen LogP contribution < -0.4 is 11.1 Å². The zero-order valence-corrected chi connectivity index (χ0v) is 16.4. The van der Waals surface area contributed by atoms with Gasteiger partial charge in [-0.3, -0.25) is 9.59 Å². The molecule has 0 amide bonds. The average Bonchev–Trinajstić information content (AvgIpc) is 3.11. The molecule has 3 heterocycles. The predicted molar refractivity (Wildman–Crippen MR) is 107 cm³/mol. The van der Waals surface area contributed by atoms with Crippen molar-refractivity contribution in [2.75, 3.05) is 0 Å². The van der Waals surface area contributed by atoms with Gasteiger partial charge in [0.25, 0.3) is 11.1 Å². The second-order valence-electron chi connectivity index (χ2n) is 5.68. The zero-order chi connectivity index (χ0) is 19.0. The van der Waals surface area contributed by atoms with Gasteiger partial charge >= 0.3 is 0 Å². The Hall–Kier alpha value is -2.49. The van der Waals surface area contributed by atoms with Gasteiger partial charge in [0.2, 0.25) is 0 Å². The molecule has 4 aromatic rings. The largest absolute Gasteiger partial charge is 0.279 e. The molecule has 10 heteroatoms. The van der Waals surface area contributed by atoms with Gasteiger partial charge in [0.15, 0.2) is 16.6 Å². The molecule has 0 bridgehead atoms. The standard InChI is InChI=1S/C17H12ClN5O2S2/c1-9-6-11(18)3-2-10(9)7-26-17-20-15-14(27-8-19-15)16(25)23(17)12-4-5-13(24)22-21-12/h2-6,8H,7H2,1H3,(H,22,24). The molecule has 0 saturated carbocycles. The summed E-state index contributed by atoms with van der Waals surface area (Å²) in [4.78, 5) is 33.0. The molecule has 7 nitrogen and oxygen atoms in total. The highest BCUT2D eigenvalue weighted by atomic mass is 35.5. The Balaban J connectivity index is 1.81. The van der Waals surface area contributed by atoms with Crippen molar-refractivity contribution >= 4 is 45.0 Å². The van der Waals surface area contributed by atoms with Gasteiger partial charge in [-0.15, -0.1) is 11.3 Å². The molecule has 1 aromatic carbocycles. The highest BCUT2D eigenvalue weighted by Gasteiger charge is 2.16. The van der Waals surface area contributed by atoms with Gasteiger partial charge < -0.3 is 0 Å². The number of aromatic amines is 1. The normalized spacial score (nSPS) is 11.2. The van der Waals surface area contributed by atoms with Crippen molar-refractivity contribution < 1.29 is 0 Å². The third-order valence-corrected chi connectivity index (χ3v) is 5.92. The maximum absolute atomic E-state index is 12.9. The molecule has 1 N–H and O–H groups in total. The van der Waals surface area contributed by atoms with Crippen LogP contribution in [0.25, 0.3) is 16.2 Å². The number of thiazole rings is 1. The quantitative estimate of drug-likeness (QED) is 0.405. The number of aryl methyl sites for hydroxylation is 1. The first-order valence-electron chi connectivity index (χ1n) is 7.83. The lowest BCUT2D eigenvalue weighted by Crippen LogP contribution is -2.23. The van der Waals surface area contributed by atoms with Crippen LogP contribution in [0.4, 0.5) is 0 Å². The van der Waals surface area contributed by atoms with Crippen LogP contribution in [0, 0.1) is 6.92 Å². The number of thioether (sulfide) groups is 1. The van der Waals surface area contributed by atoms with E-state index in [1.54, 1.807) is 5.51 Å². The molecule has 0 saturated heterocycles. The van der Waals surface area contributed by atoms with Gasteiger partial charge in [0.05, 0.1) is 5.51 Å². The first-order valence-corrected chi connectivity index (χ1v) is 10.1. The molecule has 4 rings (SSSR count). The molecule has 0 unspecified atom stereocenters. The fraction of sp³-hybridized carbons (Fsp3) is 0.118. The number of benzene rings is 1. The summed E-state index contributed by atoms with van der Waals surface area (Å²) < 4.78 is 1.84. The van der Waals surface area contributed by atoms with E-state index in [-0.39, 0.29) is 11.1 Å². The number of nitrogens with zero attached hydrogens (tertiary/aromatic N) is 4. The SMILES string of the molecule is Cc1cc(Cl)ccc1CSc1nc2ncsc2c(=O)n1-c1ccc(=O)[nH]n1. The van der Waals surface area contributed by atoms with Crippen LogP contribution in [0.15, 0.2) is 50.6 Å². The predicted octanol–water partition coefficient (Wildman–Crippen LogP) is 3.18. The minimum atomic E-state index is -0.343. The molecule has 0 fully saturated rings. The molecule has 0 radical (unpaired) electrons. The lowest BCUT2D eigenvalue weighted by atomic mass is 10.1. The number of aromatic nitrogens is 5. The van der Waals surface area contributed by atoms with E-state index in [2.05, 4.69) is 20.2 Å². The lowest BCUT2D eigenvalue weighted by Gasteiger charge is -2.11. The molecule has 0 atom stereocenters. The smallest absolute Gasteiger partial charge is 0.268 e. The number of hydrogen-bond donors (Lipinski definition) is 1. The van der Waals surface area contributed by atoms with Gasteiger partial charge in [-0.25, -0.2) is 19.6 Å². The topological polar surface area (TPSA) is 93.5 Å². The number of rotatable bonds is 4. The highest BCUT2D eigenvalue weighted by molar-refractivity contribution is 7.98. The Bertz CT molecular complexity index is 1240. The van der Waals surface area contributed by atoms with E-state index in [4.69, 9.17) is 11.6 Å². The zero-order valence-electron chi connectivity index (χ0n) is 14.0. The summed E-state index contributed by atoms with van der Waals surface area (Å²) in [5.74, 6) is 0.895. The summed E-state index contributed by atoms with van der Waals surface area (Å²) in [7, 11) is 0. The monoisotopic (exact) mass is 417 g/mol. The van der Waals surface area contributed by atoms with Crippen LogP contribution in [0.3, 0.4) is 0 Å². The van der Waals surface area contributed by atoms with Crippen molar-refractivity contribution in [3.8, 4) is 5.82 Å². The number of hydrogen-bond acceptors (Lipinski definition) is 7. The van der Waals surface area contributed by atoms with Crippen molar-refractivity contribution in [3.63, 3.8) is 0 Å². The van der Waals surface area contributed by atoms with Crippen LogP contribution in [0.1, 0.15) is 11.1 Å². The molecular formula is C17H12ClN5O2S2. The van der Waals surface area contributed by atoms with E-state index in [9.17, 15) is 9.59 Å². The fourth-order valence-corrected chi connectivity index (χ4v) is 4.46. The minimum Gasteiger partial charge on any atom is -0.268 e. The van der Waals surface area contributed by atoms with Gasteiger partial charge in [-0.05, 0) is 36.2 Å². The summed E-state index contributed by atoms with van der Waals surface area (Å²) in [5, 5.41) is 7.47. The first kappa shape index (κ1) is 17.9. The summed E-state index contributed by atoms with van der Waals surface area (Å²) in [6.45, 7) is 1.98. The molecule has 0 aliphatic carbocycles. The Morgan fingerprint density at radius 2 is 2.11 bits per heavy atom. The van der Waals surface area contributed by atoms with E-state index < -0.39 is 0 Å². The number of fused-ring (bicyclic) bond motifs is 1. The maximum atomic E-state index is 12.9. The molecule has 0 spiro atoms. The van der Waals surface area contributed by atoms with Crippen molar-refractivity contribution in [2.24, 2.45) is 0 Å². The number of halogens is 1. The summed E-state index contributed by atoms with van der Waals surface area (Å²) in [5.41, 5.74) is 3.52. The van der Waals surface area contributed by atoms with Gasteiger partial charge in [0.1, 0.15) is 4.70 Å². The number of H-pyrrole nitrogens is 1. The summed E-state index contributed by atoms with van der Waals surface area (Å²) >= 11 is 8.63. The van der Waals surface area contributed by atoms with Crippen molar-refractivity contribution in [1.82, 2.24) is 24.7 Å².